The largest absolute Gasteiger partial charge is 0.497 e. The van der Waals surface area contributed by atoms with Crippen molar-refractivity contribution in [1.29, 1.82) is 0 Å². The lowest BCUT2D eigenvalue weighted by atomic mass is 10.1. The van der Waals surface area contributed by atoms with Crippen molar-refractivity contribution in [3.05, 3.63) is 65.7 Å². The molecule has 0 aromatic heterocycles. The van der Waals surface area contributed by atoms with E-state index in [0.29, 0.717) is 32.8 Å². The van der Waals surface area contributed by atoms with Gasteiger partial charge in [0.05, 0.1) is 20.3 Å². The lowest BCUT2D eigenvalue weighted by molar-refractivity contribution is -0.131. The van der Waals surface area contributed by atoms with Gasteiger partial charge in [-0.1, -0.05) is 42.5 Å². The molecule has 26 heavy (non-hydrogen) atoms. The first-order chi connectivity index (χ1) is 12.2. The van der Waals surface area contributed by atoms with Gasteiger partial charge in [-0.05, 0) is 23.3 Å². The van der Waals surface area contributed by atoms with Gasteiger partial charge in [-0.15, -0.1) is 12.4 Å². The molecule has 0 saturated carbocycles. The Balaban J connectivity index is 0.00000338. The number of halogens is 1. The number of carbonyl (C=O) groups excluding carboxylic acids is 1. The molecule has 2 aromatic rings. The van der Waals surface area contributed by atoms with Crippen molar-refractivity contribution in [3.63, 3.8) is 0 Å². The summed E-state index contributed by atoms with van der Waals surface area (Å²) < 4.78 is 10.2. The maximum absolute atomic E-state index is 12.6. The fourth-order valence-corrected chi connectivity index (χ4v) is 2.47. The van der Waals surface area contributed by atoms with Crippen LogP contribution in [-0.4, -0.2) is 44.7 Å². The maximum Gasteiger partial charge on any atom is 0.237 e. The number of amides is 1. The highest BCUT2D eigenvalue weighted by Crippen LogP contribution is 2.15. The van der Waals surface area contributed by atoms with Crippen LogP contribution in [0, 0.1) is 0 Å². The van der Waals surface area contributed by atoms with Crippen LogP contribution in [0.2, 0.25) is 0 Å². The highest BCUT2D eigenvalue weighted by atomic mass is 35.5. The normalized spacial score (nSPS) is 10.1. The second-order valence-electron chi connectivity index (χ2n) is 5.75. The Morgan fingerprint density at radius 3 is 2.15 bits per heavy atom. The molecule has 0 aliphatic heterocycles. The predicted molar refractivity (Wildman–Crippen MR) is 106 cm³/mol. The van der Waals surface area contributed by atoms with Crippen LogP contribution in [0.25, 0.3) is 0 Å². The number of hydrogen-bond acceptors (Lipinski definition) is 4. The van der Waals surface area contributed by atoms with Crippen molar-refractivity contribution in [2.75, 3.05) is 33.9 Å². The number of methoxy groups -OCH3 is 2. The average Bonchev–Trinajstić information content (AvgIpc) is 2.66. The standard InChI is InChI=1S/C20H26N2O3.ClH/c1-24-13-12-21-14-20(23)22(15-17-6-4-3-5-7-17)16-18-8-10-19(25-2)11-9-18;/h3-11,21H,12-16H2,1-2H3;1H. The summed E-state index contributed by atoms with van der Waals surface area (Å²) in [5.74, 6) is 0.877. The minimum Gasteiger partial charge on any atom is -0.497 e. The Kier molecular flexibility index (Phi) is 10.4. The van der Waals surface area contributed by atoms with Crippen molar-refractivity contribution < 1.29 is 14.3 Å². The summed E-state index contributed by atoms with van der Waals surface area (Å²) in [6, 6.07) is 17.8. The molecule has 0 aliphatic carbocycles. The summed E-state index contributed by atoms with van der Waals surface area (Å²) in [6.45, 7) is 2.68. The van der Waals surface area contributed by atoms with Crippen LogP contribution >= 0.6 is 12.4 Å². The van der Waals surface area contributed by atoms with Crippen LogP contribution < -0.4 is 10.1 Å². The number of rotatable bonds is 10. The molecule has 0 aliphatic rings. The molecule has 6 heteroatoms. The molecule has 0 saturated heterocycles. The number of nitrogens with one attached hydrogen (secondary N) is 1. The van der Waals surface area contributed by atoms with E-state index in [9.17, 15) is 4.79 Å². The molecule has 0 bridgehead atoms. The van der Waals surface area contributed by atoms with Gasteiger partial charge in [0.15, 0.2) is 0 Å². The monoisotopic (exact) mass is 378 g/mol. The van der Waals surface area contributed by atoms with Gasteiger partial charge in [0.1, 0.15) is 5.75 Å². The third-order valence-electron chi connectivity index (χ3n) is 3.86. The number of ether oxygens (including phenoxy) is 2. The summed E-state index contributed by atoms with van der Waals surface area (Å²) in [6.07, 6.45) is 0. The third-order valence-corrected chi connectivity index (χ3v) is 3.86. The summed E-state index contributed by atoms with van der Waals surface area (Å²) in [4.78, 5) is 14.5. The van der Waals surface area contributed by atoms with E-state index in [2.05, 4.69) is 5.32 Å². The molecule has 0 unspecified atom stereocenters. The van der Waals surface area contributed by atoms with E-state index in [-0.39, 0.29) is 18.3 Å². The molecule has 0 spiro atoms. The second kappa shape index (κ2) is 12.3. The van der Waals surface area contributed by atoms with Crippen LogP contribution in [0.5, 0.6) is 5.75 Å². The fourth-order valence-electron chi connectivity index (χ4n) is 2.47. The zero-order valence-corrected chi connectivity index (χ0v) is 16.1. The highest BCUT2D eigenvalue weighted by molar-refractivity contribution is 5.85. The molecule has 2 aromatic carbocycles. The molecule has 2 rings (SSSR count). The molecule has 1 N–H and O–H groups in total. The Hall–Kier alpha value is -2.08. The molecule has 0 atom stereocenters. The van der Waals surface area contributed by atoms with Crippen molar-refractivity contribution in [2.24, 2.45) is 0 Å². The summed E-state index contributed by atoms with van der Waals surface area (Å²) in [5.41, 5.74) is 2.18. The van der Waals surface area contributed by atoms with Crippen LogP contribution in [0.3, 0.4) is 0 Å². The van der Waals surface area contributed by atoms with Crippen LogP contribution in [0.4, 0.5) is 0 Å². The molecule has 0 heterocycles. The SMILES string of the molecule is COCCNCC(=O)N(Cc1ccccc1)Cc1ccc(OC)cc1.Cl. The Morgan fingerprint density at radius 2 is 1.58 bits per heavy atom. The first kappa shape index (κ1) is 22.0. The van der Waals surface area contributed by atoms with Gasteiger partial charge in [0.2, 0.25) is 5.91 Å². The van der Waals surface area contributed by atoms with Gasteiger partial charge in [-0.25, -0.2) is 0 Å². The topological polar surface area (TPSA) is 50.8 Å². The molecule has 0 fully saturated rings. The fraction of sp³-hybridized carbons (Fsp3) is 0.350. The van der Waals surface area contributed by atoms with E-state index in [1.807, 2.05) is 59.5 Å². The molecule has 5 nitrogen and oxygen atoms in total. The highest BCUT2D eigenvalue weighted by Gasteiger charge is 2.14. The Bertz CT molecular complexity index is 635. The molecule has 142 valence electrons. The Morgan fingerprint density at radius 1 is 0.962 bits per heavy atom. The van der Waals surface area contributed by atoms with Gasteiger partial charge in [0, 0.05) is 26.7 Å². The average molecular weight is 379 g/mol. The smallest absolute Gasteiger partial charge is 0.237 e. The van der Waals surface area contributed by atoms with Crippen molar-refractivity contribution in [3.8, 4) is 5.75 Å². The van der Waals surface area contributed by atoms with Crippen LogP contribution in [0.1, 0.15) is 11.1 Å². The molecular weight excluding hydrogens is 352 g/mol. The predicted octanol–water partition coefficient (Wildman–Crippen LogP) is 2.88. The van der Waals surface area contributed by atoms with Gasteiger partial charge in [0.25, 0.3) is 0 Å². The first-order valence-electron chi connectivity index (χ1n) is 8.37. The third kappa shape index (κ3) is 7.44. The summed E-state index contributed by atoms with van der Waals surface area (Å²) in [7, 11) is 3.29. The zero-order chi connectivity index (χ0) is 17.9. The van der Waals surface area contributed by atoms with E-state index < -0.39 is 0 Å². The van der Waals surface area contributed by atoms with Gasteiger partial charge in [-0.2, -0.15) is 0 Å². The summed E-state index contributed by atoms with van der Waals surface area (Å²) in [5, 5.41) is 3.12. The van der Waals surface area contributed by atoms with E-state index >= 15 is 0 Å². The van der Waals surface area contributed by atoms with E-state index in [1.54, 1.807) is 14.2 Å². The number of nitrogens with zero attached hydrogens (tertiary/aromatic N) is 1. The quantitative estimate of drug-likeness (QED) is 0.646. The van der Waals surface area contributed by atoms with Crippen molar-refractivity contribution >= 4 is 18.3 Å². The first-order valence-corrected chi connectivity index (χ1v) is 8.37. The van der Waals surface area contributed by atoms with Crippen molar-refractivity contribution in [1.82, 2.24) is 10.2 Å². The number of hydrogen-bond donors (Lipinski definition) is 1. The van der Waals surface area contributed by atoms with Gasteiger partial charge >= 0.3 is 0 Å². The Labute approximate surface area is 161 Å². The minimum absolute atomic E-state index is 0. The molecular formula is C20H27ClN2O3. The van der Waals surface area contributed by atoms with E-state index in [1.165, 1.54) is 0 Å². The lowest BCUT2D eigenvalue weighted by Crippen LogP contribution is -2.38. The second-order valence-corrected chi connectivity index (χ2v) is 5.75. The van der Waals surface area contributed by atoms with Gasteiger partial charge < -0.3 is 19.7 Å². The maximum atomic E-state index is 12.6. The van der Waals surface area contributed by atoms with E-state index in [0.717, 1.165) is 16.9 Å². The zero-order valence-electron chi connectivity index (χ0n) is 15.3. The minimum atomic E-state index is 0. The van der Waals surface area contributed by atoms with E-state index in [4.69, 9.17) is 9.47 Å². The molecule has 1 amide bonds. The van der Waals surface area contributed by atoms with Gasteiger partial charge in [-0.3, -0.25) is 4.79 Å². The summed E-state index contributed by atoms with van der Waals surface area (Å²) >= 11 is 0. The van der Waals surface area contributed by atoms with Crippen LogP contribution in [0.15, 0.2) is 54.6 Å². The number of benzene rings is 2. The van der Waals surface area contributed by atoms with Crippen molar-refractivity contribution in [2.45, 2.75) is 13.1 Å². The lowest BCUT2D eigenvalue weighted by Gasteiger charge is -2.23. The van der Waals surface area contributed by atoms with Crippen LogP contribution in [-0.2, 0) is 22.6 Å². The number of carbonyl (C=O) groups is 1. The molecule has 0 radical (unpaired) electrons.